The van der Waals surface area contributed by atoms with E-state index >= 15 is 0 Å². The van der Waals surface area contributed by atoms with Crippen molar-refractivity contribution in [2.24, 2.45) is 5.92 Å². The van der Waals surface area contributed by atoms with E-state index in [1.165, 1.54) is 0 Å². The number of nitrogens with zero attached hydrogens (tertiary/aromatic N) is 2. The Morgan fingerprint density at radius 1 is 1.67 bits per heavy atom. The molecule has 0 amide bonds. The van der Waals surface area contributed by atoms with Crippen molar-refractivity contribution in [1.29, 1.82) is 0 Å². The summed E-state index contributed by atoms with van der Waals surface area (Å²) in [7, 11) is 0. The summed E-state index contributed by atoms with van der Waals surface area (Å²) in [5.41, 5.74) is 1.14. The molecule has 1 aromatic rings. The average Bonchev–Trinajstić information content (AvgIpc) is 2.60. The van der Waals surface area contributed by atoms with Crippen LogP contribution in [0.1, 0.15) is 26.3 Å². The van der Waals surface area contributed by atoms with E-state index in [2.05, 4.69) is 0 Å². The quantitative estimate of drug-likeness (QED) is 0.564. The summed E-state index contributed by atoms with van der Waals surface area (Å²) in [6, 6.07) is 1.88. The maximum absolute atomic E-state index is 10.8. The Morgan fingerprint density at radius 2 is 2.33 bits per heavy atom. The van der Waals surface area contributed by atoms with Crippen LogP contribution in [0.3, 0.4) is 0 Å². The van der Waals surface area contributed by atoms with Crippen LogP contribution in [0.4, 0.5) is 0 Å². The molecule has 82 valence electrons. The fourth-order valence-electron chi connectivity index (χ4n) is 1.34. The largest absolute Gasteiger partial charge is 0.354 e. The van der Waals surface area contributed by atoms with Gasteiger partial charge in [0.1, 0.15) is 0 Å². The van der Waals surface area contributed by atoms with Gasteiger partial charge in [0.05, 0.1) is 4.92 Å². The van der Waals surface area contributed by atoms with Gasteiger partial charge >= 0.3 is 0 Å². The highest BCUT2D eigenvalue weighted by Gasteiger charge is 2.15. The van der Waals surface area contributed by atoms with Gasteiger partial charge in [0.25, 0.3) is 0 Å². The smallest absolute Gasteiger partial charge is 0.249 e. The van der Waals surface area contributed by atoms with E-state index in [1.54, 1.807) is 6.08 Å². The standard InChI is InChI=1S/C11H16N2O2/c1-4-12-6-5-10(8-12)7-11(9(2)3)13(14)15/h5-9H,4H2,1-3H3/b11-7-. The number of hydrogen-bond donors (Lipinski definition) is 0. The third-order valence-electron chi connectivity index (χ3n) is 2.26. The second-order valence-electron chi connectivity index (χ2n) is 3.76. The van der Waals surface area contributed by atoms with Crippen molar-refractivity contribution in [1.82, 2.24) is 4.57 Å². The highest BCUT2D eigenvalue weighted by atomic mass is 16.6. The van der Waals surface area contributed by atoms with Crippen molar-refractivity contribution >= 4 is 6.08 Å². The van der Waals surface area contributed by atoms with Gasteiger partial charge in [-0.25, -0.2) is 0 Å². The minimum absolute atomic E-state index is 0.0648. The van der Waals surface area contributed by atoms with E-state index in [0.29, 0.717) is 0 Å². The van der Waals surface area contributed by atoms with Gasteiger partial charge in [-0.15, -0.1) is 0 Å². The zero-order chi connectivity index (χ0) is 11.4. The molecule has 0 saturated heterocycles. The Hall–Kier alpha value is -1.58. The number of allylic oxidation sites excluding steroid dienone is 1. The highest BCUT2D eigenvalue weighted by molar-refractivity contribution is 5.50. The van der Waals surface area contributed by atoms with E-state index in [1.807, 2.05) is 43.8 Å². The first-order valence-corrected chi connectivity index (χ1v) is 5.06. The van der Waals surface area contributed by atoms with Crippen molar-refractivity contribution in [3.05, 3.63) is 39.8 Å². The summed E-state index contributed by atoms with van der Waals surface area (Å²) in [6.45, 7) is 6.56. The first-order chi connectivity index (χ1) is 7.04. The Bertz CT molecular complexity index is 378. The molecule has 1 rings (SSSR count). The minimum atomic E-state index is -0.312. The van der Waals surface area contributed by atoms with Crippen LogP contribution in [-0.4, -0.2) is 9.49 Å². The van der Waals surface area contributed by atoms with Crippen LogP contribution < -0.4 is 0 Å². The summed E-state index contributed by atoms with van der Waals surface area (Å²) >= 11 is 0. The number of nitro groups is 1. The van der Waals surface area contributed by atoms with Gasteiger partial charge in [-0.3, -0.25) is 10.1 Å². The molecule has 0 saturated carbocycles. The summed E-state index contributed by atoms with van der Waals surface area (Å²) in [5.74, 6) is -0.0648. The highest BCUT2D eigenvalue weighted by Crippen LogP contribution is 2.15. The molecular weight excluding hydrogens is 192 g/mol. The molecule has 0 aliphatic carbocycles. The van der Waals surface area contributed by atoms with Crippen LogP contribution in [0.15, 0.2) is 24.2 Å². The fourth-order valence-corrected chi connectivity index (χ4v) is 1.34. The third-order valence-corrected chi connectivity index (χ3v) is 2.26. The fraction of sp³-hybridized carbons (Fsp3) is 0.455. The maximum atomic E-state index is 10.8. The molecule has 0 bridgehead atoms. The molecule has 15 heavy (non-hydrogen) atoms. The lowest BCUT2D eigenvalue weighted by atomic mass is 10.1. The maximum Gasteiger partial charge on any atom is 0.249 e. The number of aromatic nitrogens is 1. The van der Waals surface area contributed by atoms with Crippen molar-refractivity contribution < 1.29 is 4.92 Å². The lowest BCUT2D eigenvalue weighted by Crippen LogP contribution is -2.05. The first-order valence-electron chi connectivity index (χ1n) is 5.06. The van der Waals surface area contributed by atoms with Crippen molar-refractivity contribution in [2.75, 3.05) is 0 Å². The Labute approximate surface area is 89.4 Å². The molecule has 0 fully saturated rings. The van der Waals surface area contributed by atoms with E-state index in [0.717, 1.165) is 12.1 Å². The van der Waals surface area contributed by atoms with E-state index in [-0.39, 0.29) is 16.5 Å². The summed E-state index contributed by atoms with van der Waals surface area (Å²) in [5, 5.41) is 10.8. The van der Waals surface area contributed by atoms with Gasteiger partial charge < -0.3 is 4.57 Å². The van der Waals surface area contributed by atoms with Crippen LogP contribution in [0.25, 0.3) is 6.08 Å². The van der Waals surface area contributed by atoms with E-state index < -0.39 is 0 Å². The topological polar surface area (TPSA) is 48.1 Å². The SMILES string of the molecule is CCn1ccc(/C=C(/C(C)C)[N+](=O)[O-])c1. The van der Waals surface area contributed by atoms with E-state index in [4.69, 9.17) is 0 Å². The van der Waals surface area contributed by atoms with Crippen LogP contribution in [0, 0.1) is 16.0 Å². The monoisotopic (exact) mass is 208 g/mol. The van der Waals surface area contributed by atoms with Crippen LogP contribution >= 0.6 is 0 Å². The molecule has 0 radical (unpaired) electrons. The zero-order valence-electron chi connectivity index (χ0n) is 9.30. The van der Waals surface area contributed by atoms with Crippen LogP contribution in [0.5, 0.6) is 0 Å². The average molecular weight is 208 g/mol. The van der Waals surface area contributed by atoms with Gasteiger partial charge in [0.2, 0.25) is 5.70 Å². The molecule has 0 N–H and O–H groups in total. The normalized spacial score (nSPS) is 12.1. The molecule has 4 nitrogen and oxygen atoms in total. The molecule has 1 aromatic heterocycles. The molecule has 1 heterocycles. The number of aryl methyl sites for hydroxylation is 1. The van der Waals surface area contributed by atoms with Gasteiger partial charge in [-0.2, -0.15) is 0 Å². The summed E-state index contributed by atoms with van der Waals surface area (Å²) in [6.07, 6.45) is 5.46. The summed E-state index contributed by atoms with van der Waals surface area (Å²) < 4.78 is 1.99. The molecule has 0 unspecified atom stereocenters. The van der Waals surface area contributed by atoms with Crippen LogP contribution in [-0.2, 0) is 6.54 Å². The van der Waals surface area contributed by atoms with Crippen molar-refractivity contribution in [2.45, 2.75) is 27.3 Å². The first kappa shape index (κ1) is 11.5. The Balaban J connectivity index is 2.97. The lowest BCUT2D eigenvalue weighted by Gasteiger charge is -2.00. The summed E-state index contributed by atoms with van der Waals surface area (Å²) in [4.78, 5) is 10.4. The molecular formula is C11H16N2O2. The Kier molecular flexibility index (Phi) is 3.66. The van der Waals surface area contributed by atoms with E-state index in [9.17, 15) is 10.1 Å². The molecule has 0 aliphatic heterocycles. The van der Waals surface area contributed by atoms with Gasteiger partial charge in [-0.1, -0.05) is 13.8 Å². The zero-order valence-corrected chi connectivity index (χ0v) is 9.30. The Morgan fingerprint density at radius 3 is 2.73 bits per heavy atom. The van der Waals surface area contributed by atoms with Gasteiger partial charge in [0.15, 0.2) is 0 Å². The molecule has 0 atom stereocenters. The predicted molar refractivity (Wildman–Crippen MR) is 59.9 cm³/mol. The molecule has 0 aliphatic rings. The minimum Gasteiger partial charge on any atom is -0.354 e. The number of hydrogen-bond acceptors (Lipinski definition) is 2. The lowest BCUT2D eigenvalue weighted by molar-refractivity contribution is -0.431. The second kappa shape index (κ2) is 4.77. The van der Waals surface area contributed by atoms with Gasteiger partial charge in [-0.05, 0) is 18.6 Å². The molecule has 0 spiro atoms. The predicted octanol–water partition coefficient (Wildman–Crippen LogP) is 2.78. The van der Waals surface area contributed by atoms with Crippen LogP contribution in [0.2, 0.25) is 0 Å². The van der Waals surface area contributed by atoms with Crippen molar-refractivity contribution in [3.63, 3.8) is 0 Å². The number of rotatable bonds is 4. The van der Waals surface area contributed by atoms with Gasteiger partial charge in [0, 0.05) is 30.9 Å². The molecule has 4 heteroatoms. The molecule has 0 aromatic carbocycles. The third kappa shape index (κ3) is 2.94. The van der Waals surface area contributed by atoms with Crippen molar-refractivity contribution in [3.8, 4) is 0 Å². The second-order valence-corrected chi connectivity index (χ2v) is 3.76.